The second kappa shape index (κ2) is 5.10. The van der Waals surface area contributed by atoms with Crippen LogP contribution in [0.2, 0.25) is 0 Å². The van der Waals surface area contributed by atoms with Crippen LogP contribution in [0.5, 0.6) is 0 Å². The molecule has 0 radical (unpaired) electrons. The minimum absolute atomic E-state index is 0.339. The summed E-state index contributed by atoms with van der Waals surface area (Å²) in [5, 5.41) is 12.8. The predicted molar refractivity (Wildman–Crippen MR) is 55.2 cm³/mol. The molecular formula is C11H21NO2. The molecule has 2 N–H and O–H groups in total. The fourth-order valence-electron chi connectivity index (χ4n) is 2.65. The largest absolute Gasteiger partial charge is 0.396 e. The van der Waals surface area contributed by atoms with Crippen molar-refractivity contribution in [3.05, 3.63) is 0 Å². The van der Waals surface area contributed by atoms with E-state index in [-0.39, 0.29) is 0 Å². The molecule has 0 aromatic carbocycles. The molecule has 0 spiro atoms. The highest BCUT2D eigenvalue weighted by Crippen LogP contribution is 2.26. The van der Waals surface area contributed by atoms with E-state index in [1.54, 1.807) is 0 Å². The number of aliphatic hydroxyl groups is 1. The molecule has 0 bridgehead atoms. The SMILES string of the molecule is OCC1CCCC1NC1CCCOC1. The van der Waals surface area contributed by atoms with E-state index in [2.05, 4.69) is 5.32 Å². The summed E-state index contributed by atoms with van der Waals surface area (Å²) in [5.74, 6) is 0.483. The number of nitrogens with one attached hydrogen (secondary N) is 1. The molecule has 14 heavy (non-hydrogen) atoms. The van der Waals surface area contributed by atoms with E-state index >= 15 is 0 Å². The van der Waals surface area contributed by atoms with E-state index in [0.717, 1.165) is 13.2 Å². The molecule has 1 saturated carbocycles. The third-order valence-electron chi connectivity index (χ3n) is 3.50. The predicted octanol–water partition coefficient (Wildman–Crippen LogP) is 0.916. The maximum Gasteiger partial charge on any atom is 0.0619 e. The molecule has 3 atom stereocenters. The molecule has 1 saturated heterocycles. The molecule has 0 aromatic heterocycles. The summed E-state index contributed by atoms with van der Waals surface area (Å²) in [7, 11) is 0. The Bertz CT molecular complexity index is 169. The first-order valence-corrected chi connectivity index (χ1v) is 5.85. The Labute approximate surface area is 85.8 Å². The maximum absolute atomic E-state index is 9.19. The Balaban J connectivity index is 1.77. The zero-order valence-corrected chi connectivity index (χ0v) is 8.74. The van der Waals surface area contributed by atoms with Gasteiger partial charge in [0.05, 0.1) is 6.61 Å². The lowest BCUT2D eigenvalue weighted by molar-refractivity contribution is 0.0620. The zero-order valence-electron chi connectivity index (χ0n) is 8.74. The molecule has 0 amide bonds. The first-order chi connectivity index (χ1) is 6.90. The zero-order chi connectivity index (χ0) is 9.80. The summed E-state index contributed by atoms with van der Waals surface area (Å²) < 4.78 is 5.44. The first-order valence-electron chi connectivity index (χ1n) is 5.85. The number of ether oxygens (including phenoxy) is 1. The molecule has 1 aliphatic heterocycles. The van der Waals surface area contributed by atoms with Crippen molar-refractivity contribution in [3.8, 4) is 0 Å². The Morgan fingerprint density at radius 2 is 2.14 bits per heavy atom. The van der Waals surface area contributed by atoms with E-state index in [0.29, 0.717) is 24.6 Å². The highest BCUT2D eigenvalue weighted by molar-refractivity contribution is 4.86. The van der Waals surface area contributed by atoms with Crippen LogP contribution in [0, 0.1) is 5.92 Å². The molecule has 3 unspecified atom stereocenters. The van der Waals surface area contributed by atoms with Gasteiger partial charge in [-0.15, -0.1) is 0 Å². The van der Waals surface area contributed by atoms with Gasteiger partial charge in [0.1, 0.15) is 0 Å². The van der Waals surface area contributed by atoms with Gasteiger partial charge in [-0.1, -0.05) is 6.42 Å². The van der Waals surface area contributed by atoms with Crippen molar-refractivity contribution in [2.75, 3.05) is 19.8 Å². The minimum atomic E-state index is 0.339. The van der Waals surface area contributed by atoms with Crippen LogP contribution in [0.1, 0.15) is 32.1 Å². The molecule has 2 aliphatic rings. The number of rotatable bonds is 3. The summed E-state index contributed by atoms with van der Waals surface area (Å²) in [5.41, 5.74) is 0. The normalized spacial score (nSPS) is 38.8. The highest BCUT2D eigenvalue weighted by atomic mass is 16.5. The smallest absolute Gasteiger partial charge is 0.0619 e. The molecule has 1 heterocycles. The van der Waals surface area contributed by atoms with Crippen LogP contribution >= 0.6 is 0 Å². The van der Waals surface area contributed by atoms with Crippen LogP contribution in [0.25, 0.3) is 0 Å². The van der Waals surface area contributed by atoms with Gasteiger partial charge in [0, 0.05) is 25.3 Å². The third-order valence-corrected chi connectivity index (χ3v) is 3.50. The topological polar surface area (TPSA) is 41.5 Å². The molecule has 0 aromatic rings. The van der Waals surface area contributed by atoms with Crippen LogP contribution in [-0.4, -0.2) is 37.0 Å². The second-order valence-corrected chi connectivity index (χ2v) is 4.56. The average molecular weight is 199 g/mol. The van der Waals surface area contributed by atoms with Crippen LogP contribution in [0.4, 0.5) is 0 Å². The average Bonchev–Trinajstić information content (AvgIpc) is 2.67. The van der Waals surface area contributed by atoms with Gasteiger partial charge in [-0.05, 0) is 31.6 Å². The van der Waals surface area contributed by atoms with E-state index in [1.165, 1.54) is 32.1 Å². The number of hydrogen-bond acceptors (Lipinski definition) is 3. The van der Waals surface area contributed by atoms with Crippen LogP contribution in [0.15, 0.2) is 0 Å². The van der Waals surface area contributed by atoms with Gasteiger partial charge in [0.15, 0.2) is 0 Å². The van der Waals surface area contributed by atoms with Gasteiger partial charge in [-0.3, -0.25) is 0 Å². The summed E-state index contributed by atoms with van der Waals surface area (Å²) in [6.45, 7) is 2.12. The molecule has 2 rings (SSSR count). The fourth-order valence-corrected chi connectivity index (χ4v) is 2.65. The molecule has 1 aliphatic carbocycles. The Hall–Kier alpha value is -0.120. The monoisotopic (exact) mass is 199 g/mol. The van der Waals surface area contributed by atoms with Crippen molar-refractivity contribution >= 4 is 0 Å². The Kier molecular flexibility index (Phi) is 3.79. The molecule has 3 heteroatoms. The van der Waals surface area contributed by atoms with Gasteiger partial charge < -0.3 is 15.2 Å². The van der Waals surface area contributed by atoms with Crippen LogP contribution in [0.3, 0.4) is 0 Å². The molecule has 3 nitrogen and oxygen atoms in total. The van der Waals surface area contributed by atoms with Crippen LogP contribution < -0.4 is 5.32 Å². The Morgan fingerprint density at radius 1 is 1.21 bits per heavy atom. The third kappa shape index (κ3) is 2.47. The lowest BCUT2D eigenvalue weighted by Gasteiger charge is -2.29. The summed E-state index contributed by atoms with van der Waals surface area (Å²) in [6, 6.07) is 1.06. The number of aliphatic hydroxyl groups excluding tert-OH is 1. The van der Waals surface area contributed by atoms with Gasteiger partial charge in [0.25, 0.3) is 0 Å². The lowest BCUT2D eigenvalue weighted by Crippen LogP contribution is -2.45. The van der Waals surface area contributed by atoms with Crippen molar-refractivity contribution in [1.29, 1.82) is 0 Å². The highest BCUT2D eigenvalue weighted by Gasteiger charge is 2.28. The van der Waals surface area contributed by atoms with Crippen molar-refractivity contribution in [2.45, 2.75) is 44.2 Å². The summed E-state index contributed by atoms with van der Waals surface area (Å²) >= 11 is 0. The minimum Gasteiger partial charge on any atom is -0.396 e. The van der Waals surface area contributed by atoms with Crippen molar-refractivity contribution in [3.63, 3.8) is 0 Å². The Morgan fingerprint density at radius 3 is 2.86 bits per heavy atom. The van der Waals surface area contributed by atoms with Crippen LogP contribution in [-0.2, 0) is 4.74 Å². The quantitative estimate of drug-likeness (QED) is 0.710. The standard InChI is InChI=1S/C11H21NO2/c13-7-9-3-1-5-11(9)12-10-4-2-6-14-8-10/h9-13H,1-8H2. The van der Waals surface area contributed by atoms with Crippen molar-refractivity contribution in [2.24, 2.45) is 5.92 Å². The van der Waals surface area contributed by atoms with E-state index < -0.39 is 0 Å². The molecular weight excluding hydrogens is 178 g/mol. The molecule has 82 valence electrons. The van der Waals surface area contributed by atoms with Gasteiger partial charge in [0.2, 0.25) is 0 Å². The number of hydrogen-bond donors (Lipinski definition) is 2. The second-order valence-electron chi connectivity index (χ2n) is 4.56. The molecule has 2 fully saturated rings. The van der Waals surface area contributed by atoms with Crippen molar-refractivity contribution in [1.82, 2.24) is 5.32 Å². The summed E-state index contributed by atoms with van der Waals surface area (Å²) in [4.78, 5) is 0. The van der Waals surface area contributed by atoms with Gasteiger partial charge >= 0.3 is 0 Å². The van der Waals surface area contributed by atoms with Gasteiger partial charge in [-0.2, -0.15) is 0 Å². The van der Waals surface area contributed by atoms with Crippen molar-refractivity contribution < 1.29 is 9.84 Å². The fraction of sp³-hybridized carbons (Fsp3) is 1.00. The summed E-state index contributed by atoms with van der Waals surface area (Å²) in [6.07, 6.45) is 6.07. The van der Waals surface area contributed by atoms with Gasteiger partial charge in [-0.25, -0.2) is 0 Å². The maximum atomic E-state index is 9.19. The lowest BCUT2D eigenvalue weighted by atomic mass is 10.0. The van der Waals surface area contributed by atoms with E-state index in [9.17, 15) is 5.11 Å². The van der Waals surface area contributed by atoms with E-state index in [4.69, 9.17) is 4.74 Å². The first kappa shape index (κ1) is 10.4. The van der Waals surface area contributed by atoms with E-state index in [1.807, 2.05) is 0 Å².